The molecule has 21 heavy (non-hydrogen) atoms. The molecule has 8 heteroatoms. The number of nitrogens with one attached hydrogen (secondary N) is 1. The Balaban J connectivity index is 2.44. The smallest absolute Gasteiger partial charge is 0.263 e. The van der Waals surface area contributed by atoms with Crippen LogP contribution in [0.15, 0.2) is 41.3 Å². The van der Waals surface area contributed by atoms with E-state index in [2.05, 4.69) is 4.72 Å². The van der Waals surface area contributed by atoms with Crippen molar-refractivity contribution in [2.75, 3.05) is 4.72 Å². The molecule has 112 valence electrons. The Bertz CT molecular complexity index is 778. The van der Waals surface area contributed by atoms with E-state index in [9.17, 15) is 8.42 Å². The van der Waals surface area contributed by atoms with Crippen molar-refractivity contribution in [2.24, 2.45) is 0 Å². The summed E-state index contributed by atoms with van der Waals surface area (Å²) >= 11 is 17.6. The summed E-state index contributed by atoms with van der Waals surface area (Å²) in [5, 5.41) is 9.73. The predicted molar refractivity (Wildman–Crippen MR) is 84.6 cm³/mol. The highest BCUT2D eigenvalue weighted by atomic mass is 35.5. The summed E-state index contributed by atoms with van der Waals surface area (Å²) in [7, 11) is -3.92. The van der Waals surface area contributed by atoms with Gasteiger partial charge < -0.3 is 5.11 Å². The van der Waals surface area contributed by atoms with Gasteiger partial charge in [-0.25, -0.2) is 8.42 Å². The van der Waals surface area contributed by atoms with Crippen molar-refractivity contribution in [3.63, 3.8) is 0 Å². The monoisotopic (exact) mass is 365 g/mol. The van der Waals surface area contributed by atoms with Gasteiger partial charge in [0, 0.05) is 10.0 Å². The molecule has 0 radical (unpaired) electrons. The third-order valence-electron chi connectivity index (χ3n) is 2.64. The number of benzene rings is 2. The van der Waals surface area contributed by atoms with Crippen LogP contribution in [-0.2, 0) is 16.6 Å². The van der Waals surface area contributed by atoms with Crippen molar-refractivity contribution in [2.45, 2.75) is 11.5 Å². The van der Waals surface area contributed by atoms with Crippen molar-refractivity contribution in [1.29, 1.82) is 0 Å². The van der Waals surface area contributed by atoms with Crippen molar-refractivity contribution in [1.82, 2.24) is 0 Å². The second-order valence-electron chi connectivity index (χ2n) is 4.15. The van der Waals surface area contributed by atoms with Crippen molar-refractivity contribution >= 4 is 50.5 Å². The Kier molecular flexibility index (Phi) is 5.01. The first-order valence-electron chi connectivity index (χ1n) is 5.70. The van der Waals surface area contributed by atoms with E-state index in [1.807, 2.05) is 0 Å². The average Bonchev–Trinajstić information content (AvgIpc) is 2.37. The molecule has 0 spiro atoms. The van der Waals surface area contributed by atoms with Crippen molar-refractivity contribution < 1.29 is 13.5 Å². The van der Waals surface area contributed by atoms with Gasteiger partial charge in [-0.15, -0.1) is 0 Å². The fraction of sp³-hybridized carbons (Fsp3) is 0.0769. The minimum absolute atomic E-state index is 0.0354. The molecule has 0 atom stereocenters. The highest BCUT2D eigenvalue weighted by molar-refractivity contribution is 7.92. The van der Waals surface area contributed by atoms with E-state index in [1.165, 1.54) is 18.2 Å². The number of halogens is 3. The van der Waals surface area contributed by atoms with Gasteiger partial charge in [0.25, 0.3) is 10.0 Å². The topological polar surface area (TPSA) is 66.4 Å². The molecule has 2 aromatic rings. The molecule has 0 aliphatic rings. The molecule has 0 saturated carbocycles. The van der Waals surface area contributed by atoms with E-state index in [1.54, 1.807) is 18.2 Å². The molecule has 0 amide bonds. The Morgan fingerprint density at radius 2 is 1.76 bits per heavy atom. The van der Waals surface area contributed by atoms with Gasteiger partial charge in [0.1, 0.15) is 4.90 Å². The first-order chi connectivity index (χ1) is 9.83. The van der Waals surface area contributed by atoms with Gasteiger partial charge in [-0.1, -0.05) is 40.9 Å². The highest BCUT2D eigenvalue weighted by Gasteiger charge is 2.20. The molecular formula is C13H10Cl3NO3S. The molecule has 2 aromatic carbocycles. The molecule has 0 fully saturated rings. The molecule has 0 aliphatic carbocycles. The summed E-state index contributed by atoms with van der Waals surface area (Å²) in [5.74, 6) is 0. The third kappa shape index (κ3) is 3.81. The van der Waals surface area contributed by atoms with Crippen molar-refractivity contribution in [3.8, 4) is 0 Å². The zero-order chi connectivity index (χ0) is 15.6. The van der Waals surface area contributed by atoms with Crippen LogP contribution in [0.3, 0.4) is 0 Å². The van der Waals surface area contributed by atoms with Gasteiger partial charge in [0.15, 0.2) is 0 Å². The summed E-state index contributed by atoms with van der Waals surface area (Å²) in [4.78, 5) is -0.169. The number of anilines is 1. The summed E-state index contributed by atoms with van der Waals surface area (Å²) in [6.45, 7) is -0.393. The van der Waals surface area contributed by atoms with Gasteiger partial charge in [-0.05, 0) is 35.9 Å². The summed E-state index contributed by atoms with van der Waals surface area (Å²) in [5.41, 5.74) is 0.576. The minimum atomic E-state index is -3.92. The standard InChI is InChI=1S/C13H10Cl3NO3S/c14-9-2-1-3-10(5-9)17-21(19,20)13-4-8(7-18)11(15)6-12(13)16/h1-6,17-18H,7H2. The van der Waals surface area contributed by atoms with Gasteiger partial charge in [-0.3, -0.25) is 4.72 Å². The predicted octanol–water partition coefficient (Wildman–Crippen LogP) is 3.94. The van der Waals surface area contributed by atoms with Crippen LogP contribution in [0.4, 0.5) is 5.69 Å². The average molecular weight is 367 g/mol. The van der Waals surface area contributed by atoms with Crippen LogP contribution in [0.2, 0.25) is 15.1 Å². The maximum atomic E-state index is 12.3. The van der Waals surface area contributed by atoms with E-state index < -0.39 is 16.6 Å². The Morgan fingerprint density at radius 3 is 2.38 bits per heavy atom. The van der Waals surface area contributed by atoms with Crippen LogP contribution < -0.4 is 4.72 Å². The molecule has 2 rings (SSSR count). The molecule has 0 aromatic heterocycles. The lowest BCUT2D eigenvalue weighted by atomic mass is 10.2. The molecule has 0 aliphatic heterocycles. The van der Waals surface area contributed by atoms with E-state index >= 15 is 0 Å². The quantitative estimate of drug-likeness (QED) is 0.861. The Labute approximate surface area is 137 Å². The largest absolute Gasteiger partial charge is 0.392 e. The fourth-order valence-electron chi connectivity index (χ4n) is 1.66. The lowest BCUT2D eigenvalue weighted by Gasteiger charge is -2.11. The second kappa shape index (κ2) is 6.42. The lowest BCUT2D eigenvalue weighted by Crippen LogP contribution is -2.14. The molecule has 0 unspecified atom stereocenters. The normalized spacial score (nSPS) is 11.4. The van der Waals surface area contributed by atoms with E-state index in [0.717, 1.165) is 0 Å². The first kappa shape index (κ1) is 16.4. The summed E-state index contributed by atoms with van der Waals surface area (Å²) < 4.78 is 27.1. The van der Waals surface area contributed by atoms with Crippen LogP contribution in [0.25, 0.3) is 0 Å². The number of aliphatic hydroxyl groups excluding tert-OH is 1. The molecule has 0 heterocycles. The summed E-state index contributed by atoms with van der Waals surface area (Å²) in [6.07, 6.45) is 0. The van der Waals surface area contributed by atoms with Crippen LogP contribution in [-0.4, -0.2) is 13.5 Å². The SMILES string of the molecule is O=S(=O)(Nc1cccc(Cl)c1)c1cc(CO)c(Cl)cc1Cl. The summed E-state index contributed by atoms with van der Waals surface area (Å²) in [6, 6.07) is 8.77. The third-order valence-corrected chi connectivity index (χ3v) is 5.07. The molecule has 4 nitrogen and oxygen atoms in total. The van der Waals surface area contributed by atoms with E-state index in [0.29, 0.717) is 10.7 Å². The second-order valence-corrected chi connectivity index (χ2v) is 7.05. The molecular weight excluding hydrogens is 357 g/mol. The van der Waals surface area contributed by atoms with Gasteiger partial charge in [-0.2, -0.15) is 0 Å². The zero-order valence-electron chi connectivity index (χ0n) is 10.5. The van der Waals surface area contributed by atoms with Crippen molar-refractivity contribution in [3.05, 3.63) is 57.0 Å². The Hall–Kier alpha value is -0.980. The minimum Gasteiger partial charge on any atom is -0.392 e. The van der Waals surface area contributed by atoms with Crippen LogP contribution >= 0.6 is 34.8 Å². The maximum absolute atomic E-state index is 12.3. The number of hydrogen-bond acceptors (Lipinski definition) is 3. The first-order valence-corrected chi connectivity index (χ1v) is 8.32. The number of hydrogen-bond donors (Lipinski definition) is 2. The van der Waals surface area contributed by atoms with Crippen LogP contribution in [0.5, 0.6) is 0 Å². The van der Waals surface area contributed by atoms with Gasteiger partial charge in [0.2, 0.25) is 0 Å². The molecule has 0 bridgehead atoms. The maximum Gasteiger partial charge on any atom is 0.263 e. The highest BCUT2D eigenvalue weighted by Crippen LogP contribution is 2.30. The van der Waals surface area contributed by atoms with Gasteiger partial charge in [0.05, 0.1) is 17.3 Å². The van der Waals surface area contributed by atoms with Gasteiger partial charge >= 0.3 is 0 Å². The molecule has 2 N–H and O–H groups in total. The zero-order valence-corrected chi connectivity index (χ0v) is 13.6. The fourth-order valence-corrected chi connectivity index (χ4v) is 3.76. The van der Waals surface area contributed by atoms with Crippen LogP contribution in [0.1, 0.15) is 5.56 Å². The number of rotatable bonds is 4. The molecule has 0 saturated heterocycles. The van der Waals surface area contributed by atoms with Crippen LogP contribution in [0, 0.1) is 0 Å². The van der Waals surface area contributed by atoms with E-state index in [-0.39, 0.29) is 20.5 Å². The number of aliphatic hydroxyl groups is 1. The van der Waals surface area contributed by atoms with E-state index in [4.69, 9.17) is 39.9 Å². The number of sulfonamides is 1. The Morgan fingerprint density at radius 1 is 1.05 bits per heavy atom. The lowest BCUT2D eigenvalue weighted by molar-refractivity contribution is 0.281.